The summed E-state index contributed by atoms with van der Waals surface area (Å²) in [6.45, 7) is 2.65. The Morgan fingerprint density at radius 2 is 1.82 bits per heavy atom. The zero-order chi connectivity index (χ0) is 26.7. The molecule has 7 rings (SSSR count). The summed E-state index contributed by atoms with van der Waals surface area (Å²) in [6, 6.07) is 20.9. The number of thiazole rings is 1. The fourth-order valence-corrected chi connectivity index (χ4v) is 7.53. The van der Waals surface area contributed by atoms with E-state index < -0.39 is 11.5 Å². The number of carbonyl (C=O) groups excluding carboxylic acids is 2. The SMILES string of the molecule is CC(=O)N1CCc2c(sc(NC(=O)c3cc4c(ccc5ccccc54)oc3=O)c2-c2nc3ccccc3s2)C1. The number of amides is 2. The van der Waals surface area contributed by atoms with Crippen LogP contribution in [0.3, 0.4) is 0 Å². The van der Waals surface area contributed by atoms with Gasteiger partial charge in [0.25, 0.3) is 5.91 Å². The fraction of sp³-hybridized carbons (Fsp3) is 0.133. The zero-order valence-electron chi connectivity index (χ0n) is 20.8. The zero-order valence-corrected chi connectivity index (χ0v) is 22.4. The third-order valence-electron chi connectivity index (χ3n) is 7.12. The van der Waals surface area contributed by atoms with Crippen molar-refractivity contribution in [3.05, 3.63) is 93.2 Å². The molecular formula is C30H21N3O4S2. The number of rotatable bonds is 3. The maximum Gasteiger partial charge on any atom is 0.349 e. The minimum absolute atomic E-state index is 0.0159. The van der Waals surface area contributed by atoms with Crippen LogP contribution in [0.4, 0.5) is 5.00 Å². The van der Waals surface area contributed by atoms with Crippen molar-refractivity contribution in [1.82, 2.24) is 9.88 Å². The Morgan fingerprint density at radius 3 is 2.67 bits per heavy atom. The largest absolute Gasteiger partial charge is 0.422 e. The highest BCUT2D eigenvalue weighted by molar-refractivity contribution is 7.23. The molecule has 0 atom stereocenters. The van der Waals surface area contributed by atoms with Crippen LogP contribution >= 0.6 is 22.7 Å². The van der Waals surface area contributed by atoms with Gasteiger partial charge in [-0.15, -0.1) is 22.7 Å². The number of thiophene rings is 1. The summed E-state index contributed by atoms with van der Waals surface area (Å²) in [5.74, 6) is -0.523. The lowest BCUT2D eigenvalue weighted by atomic mass is 10.0. The maximum atomic E-state index is 13.6. The van der Waals surface area contributed by atoms with Crippen molar-refractivity contribution in [2.24, 2.45) is 0 Å². The molecule has 192 valence electrons. The van der Waals surface area contributed by atoms with E-state index in [1.54, 1.807) is 35.3 Å². The second-order valence-corrected chi connectivity index (χ2v) is 11.6. The lowest BCUT2D eigenvalue weighted by Crippen LogP contribution is -2.33. The van der Waals surface area contributed by atoms with Crippen LogP contribution in [0.1, 0.15) is 27.7 Å². The monoisotopic (exact) mass is 551 g/mol. The molecule has 7 nitrogen and oxygen atoms in total. The van der Waals surface area contributed by atoms with Crippen molar-refractivity contribution in [3.8, 4) is 10.6 Å². The van der Waals surface area contributed by atoms with Crippen LogP contribution in [-0.4, -0.2) is 28.2 Å². The molecular weight excluding hydrogens is 530 g/mol. The molecule has 6 aromatic rings. The number of benzene rings is 3. The lowest BCUT2D eigenvalue weighted by Gasteiger charge is -2.26. The van der Waals surface area contributed by atoms with Gasteiger partial charge in [0.2, 0.25) is 5.91 Å². The summed E-state index contributed by atoms with van der Waals surface area (Å²) in [4.78, 5) is 46.3. The minimum atomic E-state index is -0.694. The van der Waals surface area contributed by atoms with Crippen molar-refractivity contribution >= 4 is 71.4 Å². The summed E-state index contributed by atoms with van der Waals surface area (Å²) < 4.78 is 6.62. The van der Waals surface area contributed by atoms with Gasteiger partial charge in [0.05, 0.1) is 16.8 Å². The third-order valence-corrected chi connectivity index (χ3v) is 9.31. The van der Waals surface area contributed by atoms with Gasteiger partial charge in [0.15, 0.2) is 0 Å². The number of anilines is 1. The Kier molecular flexibility index (Phi) is 5.57. The molecule has 1 aliphatic rings. The Labute approximate surface area is 230 Å². The molecule has 2 amide bonds. The van der Waals surface area contributed by atoms with Gasteiger partial charge in [-0.05, 0) is 47.0 Å². The molecule has 9 heteroatoms. The Hall–Kier alpha value is -4.34. The van der Waals surface area contributed by atoms with Crippen molar-refractivity contribution in [3.63, 3.8) is 0 Å². The van der Waals surface area contributed by atoms with Crippen LogP contribution in [0.2, 0.25) is 0 Å². The van der Waals surface area contributed by atoms with E-state index in [9.17, 15) is 14.4 Å². The molecule has 1 aliphatic heterocycles. The second-order valence-electron chi connectivity index (χ2n) is 9.49. The van der Waals surface area contributed by atoms with Gasteiger partial charge in [0.1, 0.15) is 21.2 Å². The van der Waals surface area contributed by atoms with E-state index in [1.165, 1.54) is 11.3 Å². The average Bonchev–Trinajstić information content (AvgIpc) is 3.52. The van der Waals surface area contributed by atoms with E-state index in [-0.39, 0.29) is 11.5 Å². The first kappa shape index (κ1) is 23.8. The van der Waals surface area contributed by atoms with Gasteiger partial charge < -0.3 is 14.6 Å². The van der Waals surface area contributed by atoms with E-state index in [4.69, 9.17) is 9.40 Å². The molecule has 3 aromatic heterocycles. The molecule has 0 bridgehead atoms. The van der Waals surface area contributed by atoms with Crippen molar-refractivity contribution in [1.29, 1.82) is 0 Å². The van der Waals surface area contributed by atoms with Gasteiger partial charge in [-0.2, -0.15) is 0 Å². The summed E-state index contributed by atoms with van der Waals surface area (Å²) >= 11 is 2.99. The highest BCUT2D eigenvalue weighted by atomic mass is 32.1. The average molecular weight is 552 g/mol. The molecule has 0 spiro atoms. The van der Waals surface area contributed by atoms with Crippen LogP contribution in [0.25, 0.3) is 42.5 Å². The van der Waals surface area contributed by atoms with E-state index in [0.29, 0.717) is 35.5 Å². The molecule has 0 saturated carbocycles. The fourth-order valence-electron chi connectivity index (χ4n) is 5.17. The van der Waals surface area contributed by atoms with Crippen LogP contribution in [0.5, 0.6) is 0 Å². The highest BCUT2D eigenvalue weighted by Gasteiger charge is 2.29. The van der Waals surface area contributed by atoms with E-state index in [0.717, 1.165) is 42.0 Å². The molecule has 0 fully saturated rings. The molecule has 1 N–H and O–H groups in total. The summed E-state index contributed by atoms with van der Waals surface area (Å²) in [7, 11) is 0. The molecule has 0 radical (unpaired) electrons. The molecule has 3 aromatic carbocycles. The number of carbonyl (C=O) groups is 2. The minimum Gasteiger partial charge on any atom is -0.422 e. The molecule has 0 aliphatic carbocycles. The van der Waals surface area contributed by atoms with Crippen molar-refractivity contribution < 1.29 is 14.0 Å². The standard InChI is InChI=1S/C30H21N3O4S2/c1-16(34)33-13-12-19-25(15-33)39-29(26(19)28-31-22-8-4-5-9-24(22)38-28)32-27(35)21-14-20-18-7-3-2-6-17(18)10-11-23(20)37-30(21)36/h2-11,14H,12-13,15H2,1H3,(H,32,35). The number of nitrogens with zero attached hydrogens (tertiary/aromatic N) is 2. The Morgan fingerprint density at radius 1 is 1.00 bits per heavy atom. The van der Waals surface area contributed by atoms with Crippen molar-refractivity contribution in [2.75, 3.05) is 11.9 Å². The van der Waals surface area contributed by atoms with E-state index >= 15 is 0 Å². The number of hydrogen-bond donors (Lipinski definition) is 1. The van der Waals surface area contributed by atoms with Crippen LogP contribution in [-0.2, 0) is 17.8 Å². The second kappa shape index (κ2) is 9.14. The van der Waals surface area contributed by atoms with Gasteiger partial charge in [0, 0.05) is 29.3 Å². The summed E-state index contributed by atoms with van der Waals surface area (Å²) in [5.41, 5.74) is 2.51. The van der Waals surface area contributed by atoms with Gasteiger partial charge in [-0.25, -0.2) is 9.78 Å². The van der Waals surface area contributed by atoms with Crippen molar-refractivity contribution in [2.45, 2.75) is 19.9 Å². The molecule has 0 unspecified atom stereocenters. The third kappa shape index (κ3) is 4.02. The number of nitrogens with one attached hydrogen (secondary N) is 1. The first-order chi connectivity index (χ1) is 19.0. The van der Waals surface area contributed by atoms with Gasteiger partial charge in [-0.3, -0.25) is 9.59 Å². The van der Waals surface area contributed by atoms with Gasteiger partial charge >= 0.3 is 5.63 Å². The number of para-hydroxylation sites is 1. The summed E-state index contributed by atoms with van der Waals surface area (Å²) in [6.07, 6.45) is 0.663. The molecule has 39 heavy (non-hydrogen) atoms. The predicted octanol–water partition coefficient (Wildman–Crippen LogP) is 6.44. The van der Waals surface area contributed by atoms with Crippen LogP contribution in [0, 0.1) is 0 Å². The molecule has 4 heterocycles. The highest BCUT2D eigenvalue weighted by Crippen LogP contribution is 2.45. The predicted molar refractivity (Wildman–Crippen MR) is 156 cm³/mol. The quantitative estimate of drug-likeness (QED) is 0.202. The topological polar surface area (TPSA) is 92.5 Å². The molecule has 0 saturated heterocycles. The number of hydrogen-bond acceptors (Lipinski definition) is 7. The smallest absolute Gasteiger partial charge is 0.349 e. The summed E-state index contributed by atoms with van der Waals surface area (Å²) in [5, 5.41) is 7.02. The van der Waals surface area contributed by atoms with Crippen LogP contribution in [0.15, 0.2) is 75.9 Å². The Bertz CT molecular complexity index is 1990. The number of aromatic nitrogens is 1. The van der Waals surface area contributed by atoms with Gasteiger partial charge in [-0.1, -0.05) is 42.5 Å². The first-order valence-corrected chi connectivity index (χ1v) is 14.1. The first-order valence-electron chi connectivity index (χ1n) is 12.5. The maximum absolute atomic E-state index is 13.6. The lowest BCUT2D eigenvalue weighted by molar-refractivity contribution is -0.129. The van der Waals surface area contributed by atoms with E-state index in [2.05, 4.69) is 5.32 Å². The van der Waals surface area contributed by atoms with Crippen LogP contribution < -0.4 is 10.9 Å². The number of fused-ring (bicyclic) bond motifs is 5. The Balaban J connectivity index is 1.34. The normalized spacial score (nSPS) is 13.2. The van der Waals surface area contributed by atoms with E-state index in [1.807, 2.05) is 54.6 Å².